The van der Waals surface area contributed by atoms with Crippen molar-refractivity contribution in [2.24, 2.45) is 5.73 Å². The Morgan fingerprint density at radius 3 is 2.58 bits per heavy atom. The first-order chi connectivity index (χ1) is 9.22. The number of nitrogens with zero attached hydrogens (tertiary/aromatic N) is 1. The highest BCUT2D eigenvalue weighted by Crippen LogP contribution is 2.29. The van der Waals surface area contributed by atoms with Gasteiger partial charge in [0, 0.05) is 12.2 Å². The van der Waals surface area contributed by atoms with Gasteiger partial charge in [-0.1, -0.05) is 36.7 Å². The molecule has 0 aliphatic heterocycles. The summed E-state index contributed by atoms with van der Waals surface area (Å²) in [6.07, 6.45) is 2.23. The molecular weight excluding hydrogens is 260 g/mol. The molecule has 100 valence electrons. The standard InChI is InChI=1S/C15H17ClN2O/c1-2-12(17)15(13-8-5-6-10-18-13)19-14-9-4-3-7-11(14)16/h3-10,12,15H,2,17H2,1H3. The van der Waals surface area contributed by atoms with E-state index in [2.05, 4.69) is 4.98 Å². The molecule has 2 aromatic rings. The second-order valence-corrected chi connectivity index (χ2v) is 4.70. The Bertz CT molecular complexity index is 519. The van der Waals surface area contributed by atoms with Gasteiger partial charge in [-0.2, -0.15) is 0 Å². The molecule has 0 aliphatic carbocycles. The van der Waals surface area contributed by atoms with Crippen LogP contribution in [0.3, 0.4) is 0 Å². The molecule has 0 spiro atoms. The third-order valence-corrected chi connectivity index (χ3v) is 3.24. The fraction of sp³-hybridized carbons (Fsp3) is 0.267. The van der Waals surface area contributed by atoms with Crippen LogP contribution in [0.15, 0.2) is 48.7 Å². The predicted molar refractivity (Wildman–Crippen MR) is 77.3 cm³/mol. The third kappa shape index (κ3) is 3.46. The first-order valence-corrected chi connectivity index (χ1v) is 6.68. The summed E-state index contributed by atoms with van der Waals surface area (Å²) in [5, 5.41) is 0.576. The van der Waals surface area contributed by atoms with E-state index in [0.29, 0.717) is 10.8 Å². The fourth-order valence-electron chi connectivity index (χ4n) is 1.80. The molecule has 0 saturated heterocycles. The second kappa shape index (κ2) is 6.55. The van der Waals surface area contributed by atoms with Gasteiger partial charge in [0.05, 0.1) is 10.7 Å². The number of nitrogens with two attached hydrogens (primary N) is 1. The highest BCUT2D eigenvalue weighted by atomic mass is 35.5. The molecule has 1 aromatic heterocycles. The van der Waals surface area contributed by atoms with E-state index >= 15 is 0 Å². The highest BCUT2D eigenvalue weighted by Gasteiger charge is 2.22. The number of benzene rings is 1. The SMILES string of the molecule is CCC(N)C(Oc1ccccc1Cl)c1ccccn1. The molecule has 0 radical (unpaired) electrons. The Labute approximate surface area is 118 Å². The number of hydrogen-bond donors (Lipinski definition) is 1. The maximum atomic E-state index is 6.14. The van der Waals surface area contributed by atoms with E-state index in [1.54, 1.807) is 12.3 Å². The predicted octanol–water partition coefficient (Wildman–Crippen LogP) is 3.59. The topological polar surface area (TPSA) is 48.1 Å². The van der Waals surface area contributed by atoms with Crippen molar-refractivity contribution in [2.75, 3.05) is 0 Å². The summed E-state index contributed by atoms with van der Waals surface area (Å²) in [4.78, 5) is 4.33. The van der Waals surface area contributed by atoms with Crippen molar-refractivity contribution in [1.82, 2.24) is 4.98 Å². The first kappa shape index (κ1) is 13.8. The summed E-state index contributed by atoms with van der Waals surface area (Å²) in [5.41, 5.74) is 6.96. The summed E-state index contributed by atoms with van der Waals surface area (Å²) < 4.78 is 5.96. The van der Waals surface area contributed by atoms with E-state index in [0.717, 1.165) is 12.1 Å². The van der Waals surface area contributed by atoms with Crippen LogP contribution in [0.25, 0.3) is 0 Å². The Morgan fingerprint density at radius 1 is 1.21 bits per heavy atom. The normalized spacial score (nSPS) is 13.8. The van der Waals surface area contributed by atoms with Crippen LogP contribution in [0, 0.1) is 0 Å². The molecule has 19 heavy (non-hydrogen) atoms. The van der Waals surface area contributed by atoms with Crippen molar-refractivity contribution >= 4 is 11.6 Å². The maximum Gasteiger partial charge on any atom is 0.156 e. The number of hydrogen-bond acceptors (Lipinski definition) is 3. The van der Waals surface area contributed by atoms with Crippen molar-refractivity contribution in [1.29, 1.82) is 0 Å². The van der Waals surface area contributed by atoms with Crippen molar-refractivity contribution in [2.45, 2.75) is 25.5 Å². The van der Waals surface area contributed by atoms with Crippen molar-refractivity contribution in [3.8, 4) is 5.75 Å². The summed E-state index contributed by atoms with van der Waals surface area (Å²) in [7, 11) is 0. The molecule has 2 N–H and O–H groups in total. The summed E-state index contributed by atoms with van der Waals surface area (Å²) in [5.74, 6) is 0.628. The van der Waals surface area contributed by atoms with Gasteiger partial charge in [-0.25, -0.2) is 0 Å². The zero-order valence-corrected chi connectivity index (χ0v) is 11.5. The molecule has 3 nitrogen and oxygen atoms in total. The fourth-order valence-corrected chi connectivity index (χ4v) is 1.98. The van der Waals surface area contributed by atoms with Gasteiger partial charge >= 0.3 is 0 Å². The quantitative estimate of drug-likeness (QED) is 0.908. The molecule has 0 aliphatic rings. The van der Waals surface area contributed by atoms with Crippen LogP contribution in [-0.4, -0.2) is 11.0 Å². The minimum Gasteiger partial charge on any atom is -0.481 e. The molecular formula is C15H17ClN2O. The van der Waals surface area contributed by atoms with Gasteiger partial charge < -0.3 is 10.5 Å². The molecule has 2 unspecified atom stereocenters. The average molecular weight is 277 g/mol. The Kier molecular flexibility index (Phi) is 4.77. The lowest BCUT2D eigenvalue weighted by Gasteiger charge is -2.24. The molecule has 2 atom stereocenters. The molecule has 1 heterocycles. The lowest BCUT2D eigenvalue weighted by atomic mass is 10.1. The lowest BCUT2D eigenvalue weighted by Crippen LogP contribution is -2.32. The lowest BCUT2D eigenvalue weighted by molar-refractivity contribution is 0.166. The summed E-state index contributed by atoms with van der Waals surface area (Å²) in [6, 6.07) is 13.0. The molecule has 0 saturated carbocycles. The minimum atomic E-state index is -0.300. The van der Waals surface area contributed by atoms with Gasteiger partial charge in [-0.3, -0.25) is 4.98 Å². The summed E-state index contributed by atoms with van der Waals surface area (Å²) >= 11 is 6.12. The van der Waals surface area contributed by atoms with Crippen LogP contribution >= 0.6 is 11.6 Å². The van der Waals surface area contributed by atoms with Crippen molar-refractivity contribution in [3.63, 3.8) is 0 Å². The zero-order chi connectivity index (χ0) is 13.7. The molecule has 2 rings (SSSR count). The van der Waals surface area contributed by atoms with Gasteiger partial charge in [-0.15, -0.1) is 0 Å². The highest BCUT2D eigenvalue weighted by molar-refractivity contribution is 6.32. The van der Waals surface area contributed by atoms with Gasteiger partial charge in [0.2, 0.25) is 0 Å². The second-order valence-electron chi connectivity index (χ2n) is 4.30. The molecule has 1 aromatic carbocycles. The molecule has 0 amide bonds. The van der Waals surface area contributed by atoms with Gasteiger partial charge in [0.1, 0.15) is 5.75 Å². The van der Waals surface area contributed by atoms with Crippen LogP contribution in [0.2, 0.25) is 5.02 Å². The Balaban J connectivity index is 2.27. The number of pyridine rings is 1. The van der Waals surface area contributed by atoms with Crippen molar-refractivity contribution < 1.29 is 4.74 Å². The molecule has 4 heteroatoms. The summed E-state index contributed by atoms with van der Waals surface area (Å²) in [6.45, 7) is 2.02. The van der Waals surface area contributed by atoms with E-state index in [1.165, 1.54) is 0 Å². The smallest absolute Gasteiger partial charge is 0.156 e. The van der Waals surface area contributed by atoms with Crippen LogP contribution < -0.4 is 10.5 Å². The van der Waals surface area contributed by atoms with Crippen LogP contribution in [-0.2, 0) is 0 Å². The Morgan fingerprint density at radius 2 is 1.95 bits per heavy atom. The van der Waals surface area contributed by atoms with E-state index in [1.807, 2.05) is 43.3 Å². The number of aromatic nitrogens is 1. The van der Waals surface area contributed by atoms with Gasteiger partial charge in [0.25, 0.3) is 0 Å². The first-order valence-electron chi connectivity index (χ1n) is 6.30. The zero-order valence-electron chi connectivity index (χ0n) is 10.8. The largest absolute Gasteiger partial charge is 0.481 e. The van der Waals surface area contributed by atoms with Gasteiger partial charge in [-0.05, 0) is 30.7 Å². The monoisotopic (exact) mass is 276 g/mol. The van der Waals surface area contributed by atoms with Crippen molar-refractivity contribution in [3.05, 3.63) is 59.4 Å². The van der Waals surface area contributed by atoms with Crippen LogP contribution in [0.5, 0.6) is 5.75 Å². The number of halogens is 1. The van der Waals surface area contributed by atoms with E-state index in [9.17, 15) is 0 Å². The maximum absolute atomic E-state index is 6.14. The van der Waals surface area contributed by atoms with Gasteiger partial charge in [0.15, 0.2) is 6.10 Å². The van der Waals surface area contributed by atoms with Crippen LogP contribution in [0.1, 0.15) is 25.1 Å². The van der Waals surface area contributed by atoms with E-state index < -0.39 is 0 Å². The minimum absolute atomic E-state index is 0.133. The Hall–Kier alpha value is -1.58. The number of rotatable bonds is 5. The van der Waals surface area contributed by atoms with Crippen LogP contribution in [0.4, 0.5) is 0 Å². The van der Waals surface area contributed by atoms with E-state index in [4.69, 9.17) is 22.1 Å². The van der Waals surface area contributed by atoms with E-state index in [-0.39, 0.29) is 12.1 Å². The molecule has 0 bridgehead atoms. The number of para-hydroxylation sites is 1. The third-order valence-electron chi connectivity index (χ3n) is 2.93. The average Bonchev–Trinajstić information content (AvgIpc) is 2.46. The molecule has 0 fully saturated rings. The number of ether oxygens (including phenoxy) is 1.